The van der Waals surface area contributed by atoms with Gasteiger partial charge >= 0.3 is 6.03 Å². The lowest BCUT2D eigenvalue weighted by atomic mass is 10.0. The Kier molecular flexibility index (Phi) is 6.00. The quantitative estimate of drug-likeness (QED) is 0.557. The van der Waals surface area contributed by atoms with Gasteiger partial charge in [-0.1, -0.05) is 29.3 Å². The van der Waals surface area contributed by atoms with E-state index in [0.717, 1.165) is 29.2 Å². The van der Waals surface area contributed by atoms with Crippen molar-refractivity contribution >= 4 is 58.5 Å². The minimum absolute atomic E-state index is 0.121. The van der Waals surface area contributed by atoms with Crippen LogP contribution in [0.4, 0.5) is 16.2 Å². The highest BCUT2D eigenvalue weighted by atomic mass is 35.5. The monoisotopic (exact) mass is 459 g/mol. The van der Waals surface area contributed by atoms with Crippen molar-refractivity contribution in [3.8, 4) is 0 Å². The Hall–Kier alpha value is -2.87. The Morgan fingerprint density at radius 1 is 1.03 bits per heavy atom. The second kappa shape index (κ2) is 8.70. The van der Waals surface area contributed by atoms with Crippen LogP contribution >= 0.6 is 23.2 Å². The molecule has 2 heterocycles. The van der Waals surface area contributed by atoms with Crippen LogP contribution in [-0.4, -0.2) is 44.1 Å². The zero-order chi connectivity index (χ0) is 22.1. The molecule has 31 heavy (non-hydrogen) atoms. The van der Waals surface area contributed by atoms with Gasteiger partial charge in [-0.05, 0) is 54.5 Å². The molecule has 2 fully saturated rings. The van der Waals surface area contributed by atoms with Crippen molar-refractivity contribution in [3.63, 3.8) is 0 Å². The number of morpholine rings is 1. The fraction of sp³-hybridized carbons (Fsp3) is 0.227. The second-order valence-corrected chi connectivity index (χ2v) is 8.04. The van der Waals surface area contributed by atoms with Gasteiger partial charge in [0.1, 0.15) is 5.57 Å². The fourth-order valence-corrected chi connectivity index (χ4v) is 4.03. The third-order valence-corrected chi connectivity index (χ3v) is 5.72. The van der Waals surface area contributed by atoms with E-state index in [4.69, 9.17) is 27.9 Å². The molecular formula is C22H19Cl2N3O4. The standard InChI is InChI=1S/C22H19Cl2N3O4/c1-13-10-16(26-6-8-31-9-7-26)4-2-14(13)11-17-20(28)25-22(30)27(21(17)29)19-5-3-15(23)12-18(19)24/h2-5,10-12H,6-9H2,1H3,(H,25,28,30)/b17-11-. The summed E-state index contributed by atoms with van der Waals surface area (Å²) in [4.78, 5) is 40.9. The highest BCUT2D eigenvalue weighted by molar-refractivity contribution is 6.42. The maximum Gasteiger partial charge on any atom is 0.335 e. The van der Waals surface area contributed by atoms with Crippen molar-refractivity contribution in [3.05, 3.63) is 63.1 Å². The molecule has 9 heteroatoms. The summed E-state index contributed by atoms with van der Waals surface area (Å²) >= 11 is 12.1. The number of hydrogen-bond acceptors (Lipinski definition) is 5. The number of benzene rings is 2. The lowest BCUT2D eigenvalue weighted by Crippen LogP contribution is -2.54. The first-order valence-corrected chi connectivity index (χ1v) is 10.4. The highest BCUT2D eigenvalue weighted by Gasteiger charge is 2.37. The first kappa shape index (κ1) is 21.4. The van der Waals surface area contributed by atoms with E-state index in [1.165, 1.54) is 24.3 Å². The van der Waals surface area contributed by atoms with Gasteiger partial charge in [-0.25, -0.2) is 9.69 Å². The number of carbonyl (C=O) groups is 3. The second-order valence-electron chi connectivity index (χ2n) is 7.19. The van der Waals surface area contributed by atoms with Gasteiger partial charge in [0.25, 0.3) is 11.8 Å². The molecule has 0 saturated carbocycles. The van der Waals surface area contributed by atoms with Crippen molar-refractivity contribution in [1.82, 2.24) is 5.32 Å². The van der Waals surface area contributed by atoms with Gasteiger partial charge in [-0.15, -0.1) is 0 Å². The van der Waals surface area contributed by atoms with Crippen molar-refractivity contribution in [2.24, 2.45) is 0 Å². The number of urea groups is 1. The number of amides is 4. The smallest absolute Gasteiger partial charge is 0.335 e. The predicted molar refractivity (Wildman–Crippen MR) is 120 cm³/mol. The molecule has 2 aromatic carbocycles. The number of nitrogens with one attached hydrogen (secondary N) is 1. The molecule has 0 unspecified atom stereocenters. The molecule has 4 amide bonds. The predicted octanol–water partition coefficient (Wildman–Crippen LogP) is 3.80. The Bertz CT molecular complexity index is 1110. The van der Waals surface area contributed by atoms with Gasteiger partial charge in [0, 0.05) is 23.8 Å². The minimum atomic E-state index is -0.865. The lowest BCUT2D eigenvalue weighted by Gasteiger charge is -2.29. The van der Waals surface area contributed by atoms with Gasteiger partial charge in [-0.3, -0.25) is 14.9 Å². The van der Waals surface area contributed by atoms with Crippen LogP contribution in [0.15, 0.2) is 42.0 Å². The minimum Gasteiger partial charge on any atom is -0.378 e. The van der Waals surface area contributed by atoms with E-state index in [9.17, 15) is 14.4 Å². The van der Waals surface area contributed by atoms with Gasteiger partial charge in [0.15, 0.2) is 0 Å². The number of imide groups is 2. The number of rotatable bonds is 3. The molecule has 2 saturated heterocycles. The van der Waals surface area contributed by atoms with Crippen LogP contribution in [0.25, 0.3) is 6.08 Å². The van der Waals surface area contributed by atoms with E-state index >= 15 is 0 Å². The Morgan fingerprint density at radius 3 is 2.45 bits per heavy atom. The molecule has 0 spiro atoms. The summed E-state index contributed by atoms with van der Waals surface area (Å²) in [6, 6.07) is 9.32. The molecule has 0 radical (unpaired) electrons. The number of hydrogen-bond donors (Lipinski definition) is 1. The molecule has 7 nitrogen and oxygen atoms in total. The van der Waals surface area contributed by atoms with E-state index in [-0.39, 0.29) is 16.3 Å². The van der Waals surface area contributed by atoms with Crippen LogP contribution in [-0.2, 0) is 14.3 Å². The van der Waals surface area contributed by atoms with E-state index < -0.39 is 17.8 Å². The Morgan fingerprint density at radius 2 is 1.77 bits per heavy atom. The van der Waals surface area contributed by atoms with Crippen LogP contribution in [0.1, 0.15) is 11.1 Å². The average molecular weight is 460 g/mol. The molecule has 0 atom stereocenters. The first-order chi connectivity index (χ1) is 14.8. The summed E-state index contributed by atoms with van der Waals surface area (Å²) in [7, 11) is 0. The van der Waals surface area contributed by atoms with Crippen molar-refractivity contribution in [1.29, 1.82) is 0 Å². The zero-order valence-corrected chi connectivity index (χ0v) is 18.2. The lowest BCUT2D eigenvalue weighted by molar-refractivity contribution is -0.122. The fourth-order valence-electron chi connectivity index (χ4n) is 3.53. The van der Waals surface area contributed by atoms with Crippen LogP contribution in [0.3, 0.4) is 0 Å². The number of nitrogens with zero attached hydrogens (tertiary/aromatic N) is 2. The highest BCUT2D eigenvalue weighted by Crippen LogP contribution is 2.32. The van der Waals surface area contributed by atoms with Crippen LogP contribution < -0.4 is 15.1 Å². The van der Waals surface area contributed by atoms with Crippen LogP contribution in [0.5, 0.6) is 0 Å². The number of ether oxygens (including phenoxy) is 1. The average Bonchev–Trinajstić information content (AvgIpc) is 2.74. The molecule has 0 bridgehead atoms. The maximum absolute atomic E-state index is 13.1. The van der Waals surface area contributed by atoms with Gasteiger partial charge in [-0.2, -0.15) is 0 Å². The zero-order valence-electron chi connectivity index (χ0n) is 16.7. The SMILES string of the molecule is Cc1cc(N2CCOCC2)ccc1/C=C1/C(=O)NC(=O)N(c2ccc(Cl)cc2Cl)C1=O. The molecule has 160 valence electrons. The summed E-state index contributed by atoms with van der Waals surface area (Å²) in [5.74, 6) is -1.51. The van der Waals surface area contributed by atoms with E-state index in [2.05, 4.69) is 10.2 Å². The summed E-state index contributed by atoms with van der Waals surface area (Å²) in [6.07, 6.45) is 1.49. The molecule has 0 aliphatic carbocycles. The molecule has 1 N–H and O–H groups in total. The van der Waals surface area contributed by atoms with Gasteiger partial charge < -0.3 is 9.64 Å². The van der Waals surface area contributed by atoms with E-state index in [1.807, 2.05) is 25.1 Å². The number of halogens is 2. The van der Waals surface area contributed by atoms with Crippen molar-refractivity contribution in [2.75, 3.05) is 36.1 Å². The first-order valence-electron chi connectivity index (χ1n) is 9.65. The third-order valence-electron chi connectivity index (χ3n) is 5.18. The van der Waals surface area contributed by atoms with Crippen molar-refractivity contribution in [2.45, 2.75) is 6.92 Å². The normalized spacial score (nSPS) is 18.5. The number of carbonyl (C=O) groups excluding carboxylic acids is 3. The van der Waals surface area contributed by atoms with Crippen LogP contribution in [0, 0.1) is 6.92 Å². The van der Waals surface area contributed by atoms with Gasteiger partial charge in [0.2, 0.25) is 0 Å². The molecule has 4 rings (SSSR count). The molecular weight excluding hydrogens is 441 g/mol. The van der Waals surface area contributed by atoms with Crippen LogP contribution in [0.2, 0.25) is 10.0 Å². The van der Waals surface area contributed by atoms with Crippen molar-refractivity contribution < 1.29 is 19.1 Å². The molecule has 0 aromatic heterocycles. The summed E-state index contributed by atoms with van der Waals surface area (Å²) in [6.45, 7) is 4.87. The Labute approximate surface area is 189 Å². The largest absolute Gasteiger partial charge is 0.378 e. The summed E-state index contributed by atoms with van der Waals surface area (Å²) in [5.41, 5.74) is 2.63. The van der Waals surface area contributed by atoms with E-state index in [1.54, 1.807) is 0 Å². The van der Waals surface area contributed by atoms with E-state index in [0.29, 0.717) is 23.8 Å². The maximum atomic E-state index is 13.1. The summed E-state index contributed by atoms with van der Waals surface area (Å²) in [5, 5.41) is 2.68. The number of anilines is 2. The molecule has 2 aliphatic heterocycles. The third kappa shape index (κ3) is 4.30. The molecule has 2 aliphatic rings. The number of barbiturate groups is 1. The number of aryl methyl sites for hydroxylation is 1. The summed E-state index contributed by atoms with van der Waals surface area (Å²) < 4.78 is 5.39. The molecule has 2 aromatic rings. The topological polar surface area (TPSA) is 79.0 Å². The van der Waals surface area contributed by atoms with Gasteiger partial charge in [0.05, 0.1) is 23.9 Å². The Balaban J connectivity index is 1.67.